The fraction of sp³-hybridized carbons (Fsp3) is 0.467. The van der Waals surface area contributed by atoms with E-state index in [-0.39, 0.29) is 17.9 Å². The van der Waals surface area contributed by atoms with Gasteiger partial charge in [0.2, 0.25) is 0 Å². The maximum Gasteiger partial charge on any atom is 0.408 e. The van der Waals surface area contributed by atoms with Crippen molar-refractivity contribution >= 4 is 28.0 Å². The fourth-order valence-corrected chi connectivity index (χ4v) is 2.50. The largest absolute Gasteiger partial charge is 0.504 e. The van der Waals surface area contributed by atoms with Crippen LogP contribution in [0.25, 0.3) is 0 Å². The highest BCUT2D eigenvalue weighted by atomic mass is 79.9. The van der Waals surface area contributed by atoms with Crippen molar-refractivity contribution in [3.8, 4) is 11.5 Å². The Hall–Kier alpha value is -1.96. The van der Waals surface area contributed by atoms with E-state index in [0.717, 1.165) is 0 Å². The molecule has 0 saturated carbocycles. The lowest BCUT2D eigenvalue weighted by molar-refractivity contribution is -0.139. The van der Waals surface area contributed by atoms with Crippen molar-refractivity contribution in [1.82, 2.24) is 5.32 Å². The number of phenolic OH excluding ortho intramolecular Hbond substituents is 1. The third-order valence-corrected chi connectivity index (χ3v) is 3.31. The number of hydrogen-bond acceptors (Lipinski definition) is 5. The zero-order chi connectivity index (χ0) is 17.8. The number of aromatic hydroxyl groups is 1. The first-order valence-electron chi connectivity index (χ1n) is 6.81. The maximum atomic E-state index is 11.7. The molecule has 0 fully saturated rings. The molecule has 1 atom stereocenters. The van der Waals surface area contributed by atoms with Crippen LogP contribution in [-0.2, 0) is 16.0 Å². The molecule has 0 aliphatic rings. The first-order valence-corrected chi connectivity index (χ1v) is 7.60. The minimum Gasteiger partial charge on any atom is -0.504 e. The van der Waals surface area contributed by atoms with E-state index in [1.807, 2.05) is 0 Å². The number of methoxy groups -OCH3 is 1. The van der Waals surface area contributed by atoms with Crippen molar-refractivity contribution < 1.29 is 29.3 Å². The summed E-state index contributed by atoms with van der Waals surface area (Å²) in [7, 11) is 1.41. The molecule has 0 aliphatic heterocycles. The Morgan fingerprint density at radius 2 is 1.96 bits per heavy atom. The van der Waals surface area contributed by atoms with Crippen molar-refractivity contribution in [2.45, 2.75) is 38.8 Å². The first-order chi connectivity index (χ1) is 10.5. The molecule has 1 unspecified atom stereocenters. The molecule has 23 heavy (non-hydrogen) atoms. The second-order valence-corrected chi connectivity index (χ2v) is 6.73. The molecule has 128 valence electrons. The van der Waals surface area contributed by atoms with Crippen LogP contribution in [0.2, 0.25) is 0 Å². The number of rotatable bonds is 5. The Morgan fingerprint density at radius 3 is 2.39 bits per heavy atom. The van der Waals surface area contributed by atoms with Gasteiger partial charge in [0, 0.05) is 6.42 Å². The van der Waals surface area contributed by atoms with Gasteiger partial charge in [-0.1, -0.05) is 0 Å². The van der Waals surface area contributed by atoms with E-state index in [2.05, 4.69) is 21.2 Å². The molecular weight excluding hydrogens is 370 g/mol. The van der Waals surface area contributed by atoms with Gasteiger partial charge in [0.25, 0.3) is 0 Å². The van der Waals surface area contributed by atoms with E-state index in [1.165, 1.54) is 13.2 Å². The molecule has 8 heteroatoms. The number of ether oxygens (including phenoxy) is 2. The molecule has 0 spiro atoms. The summed E-state index contributed by atoms with van der Waals surface area (Å²) in [5.74, 6) is -1.08. The van der Waals surface area contributed by atoms with Crippen LogP contribution in [0, 0.1) is 0 Å². The number of carboxylic acids is 1. The number of aliphatic carboxylic acids is 1. The molecule has 1 aromatic carbocycles. The van der Waals surface area contributed by atoms with E-state index in [9.17, 15) is 19.8 Å². The second kappa shape index (κ2) is 7.54. The predicted octanol–water partition coefficient (Wildman–Crippen LogP) is 2.68. The highest BCUT2D eigenvalue weighted by Crippen LogP contribution is 2.35. The topological polar surface area (TPSA) is 105 Å². The van der Waals surface area contributed by atoms with Gasteiger partial charge in [-0.15, -0.1) is 0 Å². The van der Waals surface area contributed by atoms with Gasteiger partial charge in [-0.3, -0.25) is 0 Å². The monoisotopic (exact) mass is 389 g/mol. The summed E-state index contributed by atoms with van der Waals surface area (Å²) < 4.78 is 10.5. The molecule has 0 aliphatic carbocycles. The van der Waals surface area contributed by atoms with E-state index < -0.39 is 23.7 Å². The molecule has 1 amide bonds. The van der Waals surface area contributed by atoms with Crippen LogP contribution in [0.1, 0.15) is 26.3 Å². The number of nitrogens with one attached hydrogen (secondary N) is 1. The first kappa shape index (κ1) is 19.1. The van der Waals surface area contributed by atoms with Gasteiger partial charge >= 0.3 is 12.1 Å². The molecule has 0 aromatic heterocycles. The van der Waals surface area contributed by atoms with Crippen molar-refractivity contribution in [1.29, 1.82) is 0 Å². The third-order valence-electron chi connectivity index (χ3n) is 2.72. The standard InChI is InChI=1S/C15H20BrNO6/c1-15(2,3)23-14(21)17-10(13(19)20)6-8-5-9(16)12(22-4)11(18)7-8/h5,7,10,18H,6H2,1-4H3,(H,17,21)(H,19,20). The van der Waals surface area contributed by atoms with Crippen LogP contribution >= 0.6 is 15.9 Å². The number of carboxylic acid groups (broad SMARTS) is 1. The van der Waals surface area contributed by atoms with Gasteiger partial charge in [-0.2, -0.15) is 0 Å². The van der Waals surface area contributed by atoms with Gasteiger partial charge in [0.1, 0.15) is 11.6 Å². The average molecular weight is 390 g/mol. The summed E-state index contributed by atoms with van der Waals surface area (Å²) in [4.78, 5) is 23.1. The molecule has 0 heterocycles. The number of benzene rings is 1. The molecule has 0 saturated heterocycles. The van der Waals surface area contributed by atoms with Gasteiger partial charge in [0.05, 0.1) is 11.6 Å². The normalized spacial score (nSPS) is 12.4. The minimum absolute atomic E-state index is 0.0231. The number of carbonyl (C=O) groups excluding carboxylic acids is 1. The van der Waals surface area contributed by atoms with E-state index in [4.69, 9.17) is 9.47 Å². The summed E-state index contributed by atoms with van der Waals surface area (Å²) in [5, 5.41) is 21.4. The lowest BCUT2D eigenvalue weighted by atomic mass is 10.1. The van der Waals surface area contributed by atoms with E-state index >= 15 is 0 Å². The number of alkyl carbamates (subject to hydrolysis) is 1. The Kier molecular flexibility index (Phi) is 6.26. The van der Waals surface area contributed by atoms with Crippen LogP contribution in [-0.4, -0.2) is 41.0 Å². The highest BCUT2D eigenvalue weighted by Gasteiger charge is 2.25. The molecule has 0 radical (unpaired) electrons. The Labute approximate surface area is 142 Å². The molecular formula is C15H20BrNO6. The van der Waals surface area contributed by atoms with Crippen molar-refractivity contribution in [3.63, 3.8) is 0 Å². The summed E-state index contributed by atoms with van der Waals surface area (Å²) in [6, 6.07) is 1.81. The predicted molar refractivity (Wildman–Crippen MR) is 86.9 cm³/mol. The third kappa shape index (κ3) is 5.97. The zero-order valence-electron chi connectivity index (χ0n) is 13.3. The lowest BCUT2D eigenvalue weighted by Crippen LogP contribution is -2.44. The van der Waals surface area contributed by atoms with Crippen molar-refractivity contribution in [3.05, 3.63) is 22.2 Å². The molecule has 7 nitrogen and oxygen atoms in total. The molecule has 0 bridgehead atoms. The van der Waals surface area contributed by atoms with Gasteiger partial charge in [-0.05, 0) is 54.4 Å². The van der Waals surface area contributed by atoms with E-state index in [0.29, 0.717) is 10.0 Å². The number of hydrogen-bond donors (Lipinski definition) is 3. The number of phenols is 1. The van der Waals surface area contributed by atoms with Gasteiger partial charge < -0.3 is 25.0 Å². The van der Waals surface area contributed by atoms with Gasteiger partial charge in [-0.25, -0.2) is 9.59 Å². The number of amides is 1. The smallest absolute Gasteiger partial charge is 0.408 e. The Morgan fingerprint density at radius 1 is 1.35 bits per heavy atom. The fourth-order valence-electron chi connectivity index (χ4n) is 1.84. The molecule has 1 rings (SSSR count). The maximum absolute atomic E-state index is 11.7. The number of halogens is 1. The van der Waals surface area contributed by atoms with Crippen LogP contribution in [0.5, 0.6) is 11.5 Å². The Balaban J connectivity index is 2.89. The van der Waals surface area contributed by atoms with Crippen LogP contribution in [0.4, 0.5) is 4.79 Å². The summed E-state index contributed by atoms with van der Waals surface area (Å²) in [5.41, 5.74) is -0.215. The van der Waals surface area contributed by atoms with Gasteiger partial charge in [0.15, 0.2) is 11.5 Å². The Bertz CT molecular complexity index is 573. The average Bonchev–Trinajstić information content (AvgIpc) is 2.35. The second-order valence-electron chi connectivity index (χ2n) is 5.87. The van der Waals surface area contributed by atoms with Crippen LogP contribution < -0.4 is 10.1 Å². The van der Waals surface area contributed by atoms with Crippen molar-refractivity contribution in [2.24, 2.45) is 0 Å². The number of carbonyl (C=O) groups is 2. The van der Waals surface area contributed by atoms with Crippen LogP contribution in [0.15, 0.2) is 16.6 Å². The summed E-state index contributed by atoms with van der Waals surface area (Å²) >= 11 is 3.23. The quantitative estimate of drug-likeness (QED) is 0.714. The lowest BCUT2D eigenvalue weighted by Gasteiger charge is -2.22. The summed E-state index contributed by atoms with van der Waals surface area (Å²) in [6.07, 6.45) is -0.841. The van der Waals surface area contributed by atoms with Crippen molar-refractivity contribution in [2.75, 3.05) is 7.11 Å². The van der Waals surface area contributed by atoms with E-state index in [1.54, 1.807) is 26.8 Å². The van der Waals surface area contributed by atoms with Crippen LogP contribution in [0.3, 0.4) is 0 Å². The summed E-state index contributed by atoms with van der Waals surface area (Å²) in [6.45, 7) is 5.04. The minimum atomic E-state index is -1.21. The highest BCUT2D eigenvalue weighted by molar-refractivity contribution is 9.10. The SMILES string of the molecule is COc1c(O)cc(CC(NC(=O)OC(C)(C)C)C(=O)O)cc1Br. The molecule has 1 aromatic rings. The molecule has 3 N–H and O–H groups in total. The zero-order valence-corrected chi connectivity index (χ0v) is 14.9.